The van der Waals surface area contributed by atoms with E-state index in [0.29, 0.717) is 6.04 Å². The predicted molar refractivity (Wildman–Crippen MR) is 78.8 cm³/mol. The van der Waals surface area contributed by atoms with Crippen LogP contribution in [0.25, 0.3) is 0 Å². The molecular formula is C14H23N3OS. The quantitative estimate of drug-likeness (QED) is 0.874. The fourth-order valence-corrected chi connectivity index (χ4v) is 3.32. The highest BCUT2D eigenvalue weighted by atomic mass is 32.1. The van der Waals surface area contributed by atoms with Crippen molar-refractivity contribution in [3.63, 3.8) is 0 Å². The van der Waals surface area contributed by atoms with Crippen molar-refractivity contribution in [2.45, 2.75) is 58.0 Å². The highest BCUT2D eigenvalue weighted by molar-refractivity contribution is 7.11. The van der Waals surface area contributed by atoms with E-state index in [1.54, 1.807) is 5.51 Å². The highest BCUT2D eigenvalue weighted by Gasteiger charge is 2.28. The SMILES string of the molecule is CC1NCCCC1NC(=O)c1scnc1C(C)(C)C. The number of piperidine rings is 1. The molecule has 0 bridgehead atoms. The minimum Gasteiger partial charge on any atom is -0.347 e. The fourth-order valence-electron chi connectivity index (χ4n) is 2.42. The summed E-state index contributed by atoms with van der Waals surface area (Å²) in [5, 5.41) is 6.55. The molecule has 1 aromatic heterocycles. The second kappa shape index (κ2) is 5.59. The van der Waals surface area contributed by atoms with Gasteiger partial charge in [-0.15, -0.1) is 11.3 Å². The van der Waals surface area contributed by atoms with E-state index in [1.165, 1.54) is 11.3 Å². The Bertz CT molecular complexity index is 450. The number of nitrogens with zero attached hydrogens (tertiary/aromatic N) is 1. The van der Waals surface area contributed by atoms with E-state index < -0.39 is 0 Å². The Morgan fingerprint density at radius 3 is 2.89 bits per heavy atom. The summed E-state index contributed by atoms with van der Waals surface area (Å²) in [5.41, 5.74) is 2.56. The molecule has 19 heavy (non-hydrogen) atoms. The van der Waals surface area contributed by atoms with E-state index >= 15 is 0 Å². The Morgan fingerprint density at radius 2 is 2.26 bits per heavy atom. The van der Waals surface area contributed by atoms with E-state index in [4.69, 9.17) is 0 Å². The topological polar surface area (TPSA) is 54.0 Å². The van der Waals surface area contributed by atoms with Crippen molar-refractivity contribution in [3.8, 4) is 0 Å². The molecule has 4 nitrogen and oxygen atoms in total. The van der Waals surface area contributed by atoms with Gasteiger partial charge in [-0.2, -0.15) is 0 Å². The van der Waals surface area contributed by atoms with Crippen LogP contribution >= 0.6 is 11.3 Å². The summed E-state index contributed by atoms with van der Waals surface area (Å²) in [4.78, 5) is 17.5. The van der Waals surface area contributed by atoms with E-state index in [0.717, 1.165) is 30.0 Å². The predicted octanol–water partition coefficient (Wildman–Crippen LogP) is 2.31. The summed E-state index contributed by atoms with van der Waals surface area (Å²) in [7, 11) is 0. The first-order valence-corrected chi connectivity index (χ1v) is 7.76. The lowest BCUT2D eigenvalue weighted by molar-refractivity contribution is 0.0921. The lowest BCUT2D eigenvalue weighted by atomic mass is 9.91. The maximum absolute atomic E-state index is 12.4. The van der Waals surface area contributed by atoms with Crippen molar-refractivity contribution < 1.29 is 4.79 Å². The van der Waals surface area contributed by atoms with Gasteiger partial charge in [0.2, 0.25) is 0 Å². The van der Waals surface area contributed by atoms with Gasteiger partial charge in [-0.25, -0.2) is 4.98 Å². The third-order valence-electron chi connectivity index (χ3n) is 3.56. The average molecular weight is 281 g/mol. The van der Waals surface area contributed by atoms with Crippen LogP contribution in [0.15, 0.2) is 5.51 Å². The molecule has 1 aromatic rings. The maximum Gasteiger partial charge on any atom is 0.263 e. The number of rotatable bonds is 2. The van der Waals surface area contributed by atoms with Crippen molar-refractivity contribution in [1.82, 2.24) is 15.6 Å². The molecular weight excluding hydrogens is 258 g/mol. The molecule has 1 saturated heterocycles. The zero-order chi connectivity index (χ0) is 14.0. The number of hydrogen-bond acceptors (Lipinski definition) is 4. The molecule has 2 N–H and O–H groups in total. The standard InChI is InChI=1S/C14H23N3OS/c1-9-10(6-5-7-15-9)17-13(18)11-12(14(2,3)4)16-8-19-11/h8-10,15H,5-7H2,1-4H3,(H,17,18). The van der Waals surface area contributed by atoms with Crippen LogP contribution in [0.1, 0.15) is 55.9 Å². The fraction of sp³-hybridized carbons (Fsp3) is 0.714. The number of thiazole rings is 1. The van der Waals surface area contributed by atoms with Crippen LogP contribution in [-0.4, -0.2) is 29.5 Å². The maximum atomic E-state index is 12.4. The molecule has 1 fully saturated rings. The van der Waals surface area contributed by atoms with Gasteiger partial charge in [0.05, 0.1) is 11.2 Å². The lowest BCUT2D eigenvalue weighted by Crippen LogP contribution is -2.52. The average Bonchev–Trinajstić information content (AvgIpc) is 2.81. The summed E-state index contributed by atoms with van der Waals surface area (Å²) < 4.78 is 0. The van der Waals surface area contributed by atoms with Gasteiger partial charge in [0, 0.05) is 17.5 Å². The number of nitrogens with one attached hydrogen (secondary N) is 2. The number of carbonyl (C=O) groups excluding carboxylic acids is 1. The van der Waals surface area contributed by atoms with Gasteiger partial charge in [0.1, 0.15) is 4.88 Å². The van der Waals surface area contributed by atoms with Gasteiger partial charge in [0.15, 0.2) is 0 Å². The number of amides is 1. The van der Waals surface area contributed by atoms with Gasteiger partial charge in [-0.1, -0.05) is 20.8 Å². The van der Waals surface area contributed by atoms with Crippen molar-refractivity contribution in [1.29, 1.82) is 0 Å². The third-order valence-corrected chi connectivity index (χ3v) is 4.39. The monoisotopic (exact) mass is 281 g/mol. The molecule has 0 radical (unpaired) electrons. The highest BCUT2D eigenvalue weighted by Crippen LogP contribution is 2.27. The van der Waals surface area contributed by atoms with Crippen LogP contribution in [0.3, 0.4) is 0 Å². The molecule has 2 rings (SSSR count). The van der Waals surface area contributed by atoms with E-state index in [-0.39, 0.29) is 17.4 Å². The first-order valence-electron chi connectivity index (χ1n) is 6.88. The van der Waals surface area contributed by atoms with Crippen molar-refractivity contribution >= 4 is 17.2 Å². The van der Waals surface area contributed by atoms with E-state index in [9.17, 15) is 4.79 Å². The molecule has 0 aliphatic carbocycles. The van der Waals surface area contributed by atoms with Crippen LogP contribution in [-0.2, 0) is 5.41 Å². The Labute approximate surface area is 119 Å². The van der Waals surface area contributed by atoms with Crippen LogP contribution in [0.5, 0.6) is 0 Å². The largest absolute Gasteiger partial charge is 0.347 e. The van der Waals surface area contributed by atoms with Crippen LogP contribution in [0.2, 0.25) is 0 Å². The van der Waals surface area contributed by atoms with E-state index in [1.807, 2.05) is 0 Å². The summed E-state index contributed by atoms with van der Waals surface area (Å²) >= 11 is 1.43. The van der Waals surface area contributed by atoms with Crippen molar-refractivity contribution in [2.24, 2.45) is 0 Å². The zero-order valence-electron chi connectivity index (χ0n) is 12.1. The van der Waals surface area contributed by atoms with Gasteiger partial charge in [-0.05, 0) is 26.3 Å². The summed E-state index contributed by atoms with van der Waals surface area (Å²) in [6, 6.07) is 0.555. The Balaban J connectivity index is 2.10. The number of carbonyl (C=O) groups is 1. The number of hydrogen-bond donors (Lipinski definition) is 2. The van der Waals surface area contributed by atoms with Gasteiger partial charge < -0.3 is 10.6 Å². The Morgan fingerprint density at radius 1 is 1.53 bits per heavy atom. The molecule has 0 spiro atoms. The molecule has 1 amide bonds. The molecule has 1 aliphatic rings. The summed E-state index contributed by atoms with van der Waals surface area (Å²) in [5.74, 6) is 0.0213. The second-order valence-corrected chi connectivity index (χ2v) is 7.10. The van der Waals surface area contributed by atoms with Gasteiger partial charge in [-0.3, -0.25) is 4.79 Å². The lowest BCUT2D eigenvalue weighted by Gasteiger charge is -2.30. The molecule has 0 aromatic carbocycles. The smallest absolute Gasteiger partial charge is 0.263 e. The summed E-state index contributed by atoms with van der Waals surface area (Å²) in [6.45, 7) is 9.43. The molecule has 1 aliphatic heterocycles. The second-order valence-electron chi connectivity index (χ2n) is 6.25. The molecule has 2 unspecified atom stereocenters. The Kier molecular flexibility index (Phi) is 4.26. The van der Waals surface area contributed by atoms with E-state index in [2.05, 4.69) is 43.3 Å². The first kappa shape index (κ1) is 14.5. The molecule has 2 heterocycles. The molecule has 106 valence electrons. The van der Waals surface area contributed by atoms with Crippen LogP contribution in [0, 0.1) is 0 Å². The molecule has 0 saturated carbocycles. The summed E-state index contributed by atoms with van der Waals surface area (Å²) in [6.07, 6.45) is 2.16. The Hall–Kier alpha value is -0.940. The molecule has 2 atom stereocenters. The van der Waals surface area contributed by atoms with Gasteiger partial charge in [0.25, 0.3) is 5.91 Å². The number of aromatic nitrogens is 1. The van der Waals surface area contributed by atoms with Crippen LogP contribution in [0.4, 0.5) is 0 Å². The van der Waals surface area contributed by atoms with Crippen molar-refractivity contribution in [2.75, 3.05) is 6.54 Å². The minimum atomic E-state index is -0.0941. The van der Waals surface area contributed by atoms with Crippen LogP contribution < -0.4 is 10.6 Å². The van der Waals surface area contributed by atoms with Gasteiger partial charge >= 0.3 is 0 Å². The third kappa shape index (κ3) is 3.34. The first-order chi connectivity index (χ1) is 8.89. The molecule has 5 heteroatoms. The van der Waals surface area contributed by atoms with Crippen molar-refractivity contribution in [3.05, 3.63) is 16.1 Å². The zero-order valence-corrected chi connectivity index (χ0v) is 12.9. The normalized spacial score (nSPS) is 24.2. The minimum absolute atomic E-state index is 0.0213.